The van der Waals surface area contributed by atoms with Crippen LogP contribution in [0.5, 0.6) is 0 Å². The normalized spacial score (nSPS) is 19.7. The van der Waals surface area contributed by atoms with E-state index >= 15 is 0 Å². The van der Waals surface area contributed by atoms with Crippen molar-refractivity contribution in [1.29, 1.82) is 0 Å². The summed E-state index contributed by atoms with van der Waals surface area (Å²) in [5, 5.41) is 2.57. The second kappa shape index (κ2) is 6.08. The van der Waals surface area contributed by atoms with Crippen LogP contribution in [0.15, 0.2) is 18.2 Å². The molecule has 1 aliphatic rings. The fraction of sp³-hybridized carbons (Fsp3) is 0.467. The summed E-state index contributed by atoms with van der Waals surface area (Å²) in [7, 11) is -1.63. The van der Waals surface area contributed by atoms with E-state index in [9.17, 15) is 18.0 Å². The molecule has 1 aliphatic heterocycles. The lowest BCUT2D eigenvalue weighted by Gasteiger charge is -2.22. The zero-order valence-corrected chi connectivity index (χ0v) is 13.7. The third kappa shape index (κ3) is 3.85. The van der Waals surface area contributed by atoms with Gasteiger partial charge in [0.1, 0.15) is 0 Å². The van der Waals surface area contributed by atoms with Crippen molar-refractivity contribution in [3.63, 3.8) is 0 Å². The molecule has 0 aliphatic carbocycles. The first-order chi connectivity index (χ1) is 10.2. The van der Waals surface area contributed by atoms with E-state index in [0.29, 0.717) is 12.1 Å². The van der Waals surface area contributed by atoms with Crippen LogP contribution in [-0.2, 0) is 19.4 Å². The van der Waals surface area contributed by atoms with Crippen molar-refractivity contribution in [3.8, 4) is 0 Å². The number of aryl methyl sites for hydroxylation is 2. The number of carbonyl (C=O) groups excluding carboxylic acids is 2. The second-order valence-corrected chi connectivity index (χ2v) is 8.03. The van der Waals surface area contributed by atoms with Crippen molar-refractivity contribution in [2.45, 2.75) is 26.3 Å². The molecule has 0 radical (unpaired) electrons. The van der Waals surface area contributed by atoms with E-state index in [0.717, 1.165) is 11.1 Å². The Morgan fingerprint density at radius 3 is 2.27 bits per heavy atom. The maximum absolute atomic E-state index is 12.1. The summed E-state index contributed by atoms with van der Waals surface area (Å²) < 4.78 is 22.9. The highest BCUT2D eigenvalue weighted by Crippen LogP contribution is 2.18. The summed E-state index contributed by atoms with van der Waals surface area (Å²) >= 11 is 0. The highest BCUT2D eigenvalue weighted by atomic mass is 32.2. The molecule has 2 amide bonds. The van der Waals surface area contributed by atoms with E-state index in [2.05, 4.69) is 5.32 Å². The van der Waals surface area contributed by atoms with Crippen LogP contribution < -0.4 is 5.32 Å². The van der Waals surface area contributed by atoms with E-state index in [1.807, 2.05) is 19.9 Å². The molecule has 0 bridgehead atoms. The Labute approximate surface area is 130 Å². The zero-order valence-electron chi connectivity index (χ0n) is 12.9. The lowest BCUT2D eigenvalue weighted by Crippen LogP contribution is -2.43. The summed E-state index contributed by atoms with van der Waals surface area (Å²) in [5.41, 5.74) is 2.53. The summed E-state index contributed by atoms with van der Waals surface area (Å²) in [4.78, 5) is 25.4. The Bertz CT molecular complexity index is 692. The van der Waals surface area contributed by atoms with E-state index in [1.54, 1.807) is 12.1 Å². The Kier molecular flexibility index (Phi) is 4.55. The van der Waals surface area contributed by atoms with Crippen molar-refractivity contribution in [3.05, 3.63) is 29.3 Å². The molecule has 1 N–H and O–H groups in total. The zero-order chi connectivity index (χ0) is 16.5. The molecule has 0 spiro atoms. The van der Waals surface area contributed by atoms with Gasteiger partial charge in [0.05, 0.1) is 11.5 Å². The van der Waals surface area contributed by atoms with Gasteiger partial charge in [-0.25, -0.2) is 8.42 Å². The highest BCUT2D eigenvalue weighted by molar-refractivity contribution is 7.91. The largest absolute Gasteiger partial charge is 0.333 e. The molecule has 1 saturated heterocycles. The van der Waals surface area contributed by atoms with Crippen LogP contribution in [0.3, 0.4) is 0 Å². The summed E-state index contributed by atoms with van der Waals surface area (Å²) in [5.74, 6) is -1.49. The molecule has 1 aromatic rings. The van der Waals surface area contributed by atoms with Crippen LogP contribution >= 0.6 is 0 Å². The number of sulfone groups is 1. The lowest BCUT2D eigenvalue weighted by atomic mass is 10.1. The Hall–Kier alpha value is -1.89. The van der Waals surface area contributed by atoms with Gasteiger partial charge in [0.15, 0.2) is 9.84 Å². The number of hydrogen-bond acceptors (Lipinski definition) is 4. The van der Waals surface area contributed by atoms with Gasteiger partial charge in [-0.2, -0.15) is 0 Å². The molecule has 0 aromatic heterocycles. The van der Waals surface area contributed by atoms with Gasteiger partial charge in [-0.1, -0.05) is 6.07 Å². The number of likely N-dealkylation sites (N-methyl/N-ethyl adjacent to an activating group) is 1. The second-order valence-electron chi connectivity index (χ2n) is 5.80. The monoisotopic (exact) mass is 324 g/mol. The van der Waals surface area contributed by atoms with Crippen LogP contribution in [0.2, 0.25) is 0 Å². The number of benzene rings is 1. The third-order valence-electron chi connectivity index (χ3n) is 3.75. The lowest BCUT2D eigenvalue weighted by molar-refractivity contribution is -0.143. The van der Waals surface area contributed by atoms with E-state index < -0.39 is 27.7 Å². The minimum atomic E-state index is -3.10. The van der Waals surface area contributed by atoms with E-state index in [4.69, 9.17) is 0 Å². The molecular formula is C15H20N2O4S. The maximum atomic E-state index is 12.1. The molecule has 1 aromatic carbocycles. The number of nitrogens with one attached hydrogen (secondary N) is 1. The molecule has 1 heterocycles. The first kappa shape index (κ1) is 16.5. The van der Waals surface area contributed by atoms with Gasteiger partial charge < -0.3 is 10.2 Å². The van der Waals surface area contributed by atoms with Crippen molar-refractivity contribution < 1.29 is 18.0 Å². The summed E-state index contributed by atoms with van der Waals surface area (Å²) in [6.07, 6.45) is 0.376. The van der Waals surface area contributed by atoms with Gasteiger partial charge in [0, 0.05) is 18.8 Å². The minimum Gasteiger partial charge on any atom is -0.333 e. The molecule has 6 nitrogen and oxygen atoms in total. The van der Waals surface area contributed by atoms with Crippen molar-refractivity contribution >= 4 is 27.3 Å². The fourth-order valence-corrected chi connectivity index (χ4v) is 4.41. The minimum absolute atomic E-state index is 0.0635. The van der Waals surface area contributed by atoms with Crippen LogP contribution in [0.4, 0.5) is 5.69 Å². The van der Waals surface area contributed by atoms with Crippen LogP contribution in [0.25, 0.3) is 0 Å². The number of hydrogen-bond donors (Lipinski definition) is 1. The van der Waals surface area contributed by atoms with Crippen LogP contribution in [0.1, 0.15) is 17.5 Å². The average Bonchev–Trinajstić information content (AvgIpc) is 2.76. The predicted octanol–water partition coefficient (Wildman–Crippen LogP) is 0.887. The number of amides is 2. The average molecular weight is 324 g/mol. The molecule has 1 atom stereocenters. The van der Waals surface area contributed by atoms with Gasteiger partial charge in [-0.15, -0.1) is 0 Å². The predicted molar refractivity (Wildman–Crippen MR) is 84.4 cm³/mol. The van der Waals surface area contributed by atoms with Gasteiger partial charge >= 0.3 is 11.8 Å². The van der Waals surface area contributed by atoms with Crippen LogP contribution in [0, 0.1) is 13.8 Å². The molecule has 22 heavy (non-hydrogen) atoms. The third-order valence-corrected chi connectivity index (χ3v) is 5.50. The van der Waals surface area contributed by atoms with Gasteiger partial charge in [0.2, 0.25) is 0 Å². The summed E-state index contributed by atoms with van der Waals surface area (Å²) in [6, 6.07) is 5.09. The topological polar surface area (TPSA) is 83.6 Å². The standard InChI is InChI=1S/C15H20N2O4S/c1-10-6-11(2)8-12(7-10)16-14(18)15(19)17(3)13-4-5-22(20,21)9-13/h6-8,13H,4-5,9H2,1-3H3,(H,16,18). The molecule has 120 valence electrons. The SMILES string of the molecule is Cc1cc(C)cc(NC(=O)C(=O)N(C)C2CCS(=O)(=O)C2)c1. The molecule has 1 fully saturated rings. The van der Waals surface area contributed by atoms with Crippen molar-refractivity contribution in [2.24, 2.45) is 0 Å². The fourth-order valence-electron chi connectivity index (χ4n) is 2.64. The first-order valence-electron chi connectivity index (χ1n) is 7.05. The van der Waals surface area contributed by atoms with Gasteiger partial charge in [0.25, 0.3) is 0 Å². The van der Waals surface area contributed by atoms with E-state index in [1.165, 1.54) is 11.9 Å². The molecule has 7 heteroatoms. The number of carbonyl (C=O) groups is 2. The number of nitrogens with zero attached hydrogens (tertiary/aromatic N) is 1. The van der Waals surface area contributed by atoms with Gasteiger partial charge in [-0.3, -0.25) is 9.59 Å². The summed E-state index contributed by atoms with van der Waals surface area (Å²) in [6.45, 7) is 3.81. The highest BCUT2D eigenvalue weighted by Gasteiger charge is 2.34. The smallest absolute Gasteiger partial charge is 0.313 e. The number of rotatable bonds is 2. The molecule has 0 saturated carbocycles. The Morgan fingerprint density at radius 1 is 1.18 bits per heavy atom. The maximum Gasteiger partial charge on any atom is 0.313 e. The molecule has 2 rings (SSSR count). The Balaban J connectivity index is 2.04. The quantitative estimate of drug-likeness (QED) is 0.819. The van der Waals surface area contributed by atoms with Crippen molar-refractivity contribution in [1.82, 2.24) is 4.90 Å². The number of anilines is 1. The molecule has 1 unspecified atom stereocenters. The molecular weight excluding hydrogens is 304 g/mol. The first-order valence-corrected chi connectivity index (χ1v) is 8.87. The van der Waals surface area contributed by atoms with Crippen molar-refractivity contribution in [2.75, 3.05) is 23.9 Å². The van der Waals surface area contributed by atoms with Crippen LogP contribution in [-0.4, -0.2) is 49.7 Å². The Morgan fingerprint density at radius 2 is 1.77 bits per heavy atom. The van der Waals surface area contributed by atoms with E-state index in [-0.39, 0.29) is 11.5 Å². The van der Waals surface area contributed by atoms with Gasteiger partial charge in [-0.05, 0) is 43.5 Å².